The molecule has 0 unspecified atom stereocenters. The fraction of sp³-hybridized carbons (Fsp3) is 0.889. The molecule has 3 heteroatoms. The third-order valence-corrected chi connectivity index (χ3v) is 2.50. The van der Waals surface area contributed by atoms with Gasteiger partial charge in [-0.25, -0.2) is 0 Å². The van der Waals surface area contributed by atoms with Crippen LogP contribution in [0.1, 0.15) is 32.1 Å². The molecule has 2 nitrogen and oxygen atoms in total. The first-order chi connectivity index (χ1) is 5.84. The summed E-state index contributed by atoms with van der Waals surface area (Å²) in [5.74, 6) is 0.974. The van der Waals surface area contributed by atoms with Crippen LogP contribution in [0.4, 0.5) is 0 Å². The van der Waals surface area contributed by atoms with Crippen LogP contribution in [0, 0.1) is 0 Å². The molecule has 0 aromatic heterocycles. The summed E-state index contributed by atoms with van der Waals surface area (Å²) in [6, 6.07) is 0. The van der Waals surface area contributed by atoms with Crippen LogP contribution in [0.15, 0.2) is 0 Å². The number of likely N-dealkylation sites (tertiary alicyclic amines) is 1. The van der Waals surface area contributed by atoms with Crippen LogP contribution in [0.3, 0.4) is 0 Å². The minimum Gasteiger partial charge on any atom is -0.343 e. The average molecular weight is 190 g/mol. The Morgan fingerprint density at radius 1 is 1.33 bits per heavy atom. The zero-order valence-electron chi connectivity index (χ0n) is 7.39. The maximum Gasteiger partial charge on any atom is 0.222 e. The van der Waals surface area contributed by atoms with E-state index in [9.17, 15) is 4.79 Å². The van der Waals surface area contributed by atoms with E-state index in [1.165, 1.54) is 6.42 Å². The van der Waals surface area contributed by atoms with Crippen molar-refractivity contribution in [3.05, 3.63) is 0 Å². The van der Waals surface area contributed by atoms with E-state index in [0.717, 1.165) is 38.8 Å². The summed E-state index contributed by atoms with van der Waals surface area (Å²) in [5.41, 5.74) is 0. The maximum atomic E-state index is 11.4. The Bertz CT molecular complexity index is 149. The lowest BCUT2D eigenvalue weighted by Gasteiger charge is -2.19. The van der Waals surface area contributed by atoms with Crippen LogP contribution >= 0.6 is 11.6 Å². The number of nitrogens with zero attached hydrogens (tertiary/aromatic N) is 1. The second kappa shape index (κ2) is 5.41. The second-order valence-electron chi connectivity index (χ2n) is 3.23. The van der Waals surface area contributed by atoms with Gasteiger partial charge in [0.2, 0.25) is 5.91 Å². The molecule has 0 N–H and O–H groups in total. The van der Waals surface area contributed by atoms with Crippen molar-refractivity contribution in [1.82, 2.24) is 4.90 Å². The fourth-order valence-corrected chi connectivity index (χ4v) is 1.65. The number of hydrogen-bond acceptors (Lipinski definition) is 1. The highest BCUT2D eigenvalue weighted by atomic mass is 35.5. The Morgan fingerprint density at radius 3 is 2.92 bits per heavy atom. The molecule has 0 bridgehead atoms. The molecule has 0 aromatic rings. The van der Waals surface area contributed by atoms with Gasteiger partial charge in [0.1, 0.15) is 0 Å². The van der Waals surface area contributed by atoms with Gasteiger partial charge in [-0.15, -0.1) is 11.6 Å². The summed E-state index contributed by atoms with van der Waals surface area (Å²) < 4.78 is 0. The predicted molar refractivity (Wildman–Crippen MR) is 50.4 cm³/mol. The van der Waals surface area contributed by atoms with Crippen LogP contribution in [0.25, 0.3) is 0 Å². The monoisotopic (exact) mass is 189 g/mol. The summed E-state index contributed by atoms with van der Waals surface area (Å²) in [5, 5.41) is 0. The molecule has 12 heavy (non-hydrogen) atoms. The van der Waals surface area contributed by atoms with Crippen LogP contribution in [0.5, 0.6) is 0 Å². The minimum absolute atomic E-state index is 0.317. The minimum atomic E-state index is 0.317. The van der Waals surface area contributed by atoms with E-state index >= 15 is 0 Å². The summed E-state index contributed by atoms with van der Waals surface area (Å²) in [7, 11) is 0. The van der Waals surface area contributed by atoms with Crippen molar-refractivity contribution in [3.8, 4) is 0 Å². The fourth-order valence-electron chi connectivity index (χ4n) is 1.53. The number of halogens is 1. The smallest absolute Gasteiger partial charge is 0.222 e. The van der Waals surface area contributed by atoms with Crippen LogP contribution < -0.4 is 0 Å². The van der Waals surface area contributed by atoms with Gasteiger partial charge < -0.3 is 4.90 Å². The Balaban J connectivity index is 2.31. The first-order valence-electron chi connectivity index (χ1n) is 4.68. The molecule has 0 radical (unpaired) electrons. The quantitative estimate of drug-likeness (QED) is 0.623. The molecule has 0 aliphatic carbocycles. The number of amides is 1. The van der Waals surface area contributed by atoms with E-state index in [1.54, 1.807) is 0 Å². The van der Waals surface area contributed by atoms with E-state index < -0.39 is 0 Å². The third-order valence-electron chi connectivity index (χ3n) is 2.23. The number of carbonyl (C=O) groups excluding carboxylic acids is 1. The van der Waals surface area contributed by atoms with E-state index in [-0.39, 0.29) is 0 Å². The van der Waals surface area contributed by atoms with Gasteiger partial charge in [-0.2, -0.15) is 0 Å². The normalized spacial score (nSPS) is 19.4. The molecule has 0 atom stereocenters. The highest BCUT2D eigenvalue weighted by Crippen LogP contribution is 2.11. The van der Waals surface area contributed by atoms with Crippen molar-refractivity contribution >= 4 is 17.5 Å². The van der Waals surface area contributed by atoms with Crippen molar-refractivity contribution in [2.45, 2.75) is 32.1 Å². The van der Waals surface area contributed by atoms with E-state index in [4.69, 9.17) is 11.6 Å². The van der Waals surface area contributed by atoms with Crippen molar-refractivity contribution in [3.63, 3.8) is 0 Å². The molecule has 0 aromatic carbocycles. The van der Waals surface area contributed by atoms with E-state index in [0.29, 0.717) is 11.8 Å². The van der Waals surface area contributed by atoms with Gasteiger partial charge in [0, 0.05) is 25.4 Å². The average Bonchev–Trinajstić information content (AvgIpc) is 2.27. The molecule has 1 saturated heterocycles. The molecule has 1 amide bonds. The lowest BCUT2D eigenvalue weighted by atomic mass is 10.2. The van der Waals surface area contributed by atoms with Crippen molar-refractivity contribution in [2.24, 2.45) is 0 Å². The lowest BCUT2D eigenvalue weighted by molar-refractivity contribution is -0.130. The zero-order chi connectivity index (χ0) is 8.81. The Labute approximate surface area is 78.9 Å². The number of alkyl halides is 1. The number of carbonyl (C=O) groups is 1. The van der Waals surface area contributed by atoms with E-state index in [1.807, 2.05) is 4.90 Å². The van der Waals surface area contributed by atoms with Gasteiger partial charge in [-0.3, -0.25) is 4.79 Å². The first kappa shape index (κ1) is 9.85. The lowest BCUT2D eigenvalue weighted by Crippen LogP contribution is -2.31. The van der Waals surface area contributed by atoms with Gasteiger partial charge in [0.15, 0.2) is 0 Å². The first-order valence-corrected chi connectivity index (χ1v) is 5.22. The molecule has 1 rings (SSSR count). The Kier molecular flexibility index (Phi) is 4.44. The largest absolute Gasteiger partial charge is 0.343 e. The van der Waals surface area contributed by atoms with Crippen LogP contribution in [-0.2, 0) is 4.79 Å². The van der Waals surface area contributed by atoms with Crippen molar-refractivity contribution in [2.75, 3.05) is 19.0 Å². The van der Waals surface area contributed by atoms with Crippen LogP contribution in [-0.4, -0.2) is 29.8 Å². The number of hydrogen-bond donors (Lipinski definition) is 0. The van der Waals surface area contributed by atoms with Gasteiger partial charge >= 0.3 is 0 Å². The summed E-state index contributed by atoms with van der Waals surface area (Å²) >= 11 is 5.57. The molecule has 1 heterocycles. The van der Waals surface area contributed by atoms with Crippen molar-refractivity contribution in [1.29, 1.82) is 0 Å². The van der Waals surface area contributed by atoms with Crippen molar-refractivity contribution < 1.29 is 4.79 Å². The Hall–Kier alpha value is -0.240. The standard InChI is InChI=1S/C9H16ClNO/c10-6-4-8-11-7-3-1-2-5-9(11)12/h1-8H2. The highest BCUT2D eigenvalue weighted by molar-refractivity contribution is 6.17. The highest BCUT2D eigenvalue weighted by Gasteiger charge is 2.15. The predicted octanol–water partition coefficient (Wildman–Crippen LogP) is 2.02. The SMILES string of the molecule is O=C1CCCCCN1CCCCl. The van der Waals surface area contributed by atoms with Crippen LogP contribution in [0.2, 0.25) is 0 Å². The summed E-state index contributed by atoms with van der Waals surface area (Å²) in [6.07, 6.45) is 5.09. The maximum absolute atomic E-state index is 11.4. The zero-order valence-corrected chi connectivity index (χ0v) is 8.15. The molecule has 1 aliphatic heterocycles. The second-order valence-corrected chi connectivity index (χ2v) is 3.61. The number of rotatable bonds is 3. The summed E-state index contributed by atoms with van der Waals surface area (Å²) in [4.78, 5) is 13.4. The Morgan fingerprint density at radius 2 is 2.17 bits per heavy atom. The van der Waals surface area contributed by atoms with Gasteiger partial charge in [-0.05, 0) is 19.3 Å². The third kappa shape index (κ3) is 3.02. The molecule has 0 spiro atoms. The van der Waals surface area contributed by atoms with Gasteiger partial charge in [-0.1, -0.05) is 6.42 Å². The van der Waals surface area contributed by atoms with Gasteiger partial charge in [0.05, 0.1) is 0 Å². The molecule has 1 fully saturated rings. The molecule has 0 saturated carbocycles. The van der Waals surface area contributed by atoms with E-state index in [2.05, 4.69) is 0 Å². The summed E-state index contributed by atoms with van der Waals surface area (Å²) in [6.45, 7) is 1.79. The molecular weight excluding hydrogens is 174 g/mol. The topological polar surface area (TPSA) is 20.3 Å². The van der Waals surface area contributed by atoms with Gasteiger partial charge in [0.25, 0.3) is 0 Å². The molecule has 1 aliphatic rings. The molecule has 70 valence electrons. The molecular formula is C9H16ClNO.